The number of anilines is 3. The molecule has 0 aliphatic carbocycles. The number of nitrogens with one attached hydrogen (secondary N) is 2. The van der Waals surface area contributed by atoms with E-state index in [1.165, 1.54) is 0 Å². The number of carbonyl (C=O) groups is 1. The highest BCUT2D eigenvalue weighted by atomic mass is 35.5. The van der Waals surface area contributed by atoms with Crippen LogP contribution in [0.3, 0.4) is 0 Å². The van der Waals surface area contributed by atoms with Crippen molar-refractivity contribution in [1.82, 2.24) is 9.97 Å². The Morgan fingerprint density at radius 3 is 2.95 bits per heavy atom. The summed E-state index contributed by atoms with van der Waals surface area (Å²) in [5.41, 5.74) is 8.51. The molecule has 1 aliphatic rings. The van der Waals surface area contributed by atoms with Crippen LogP contribution in [0.1, 0.15) is 24.1 Å². The van der Waals surface area contributed by atoms with Crippen LogP contribution in [0, 0.1) is 0 Å². The normalized spacial score (nSPS) is 14.5. The first-order valence-corrected chi connectivity index (χ1v) is 6.88. The van der Waals surface area contributed by atoms with Crippen molar-refractivity contribution < 1.29 is 4.79 Å². The van der Waals surface area contributed by atoms with Gasteiger partial charge in [0.05, 0.1) is 6.42 Å². The number of nitrogen functional groups attached to an aromatic ring is 1. The second-order valence-electron chi connectivity index (χ2n) is 4.94. The molecular weight excluding hydrogens is 290 g/mol. The van der Waals surface area contributed by atoms with Crippen LogP contribution in [0.5, 0.6) is 0 Å². The van der Waals surface area contributed by atoms with E-state index in [4.69, 9.17) is 17.3 Å². The van der Waals surface area contributed by atoms with Gasteiger partial charge in [-0.1, -0.05) is 23.7 Å². The molecule has 2 aromatic rings. The Bertz CT molecular complexity index is 698. The minimum absolute atomic E-state index is 0.00336. The molecule has 21 heavy (non-hydrogen) atoms. The maximum absolute atomic E-state index is 11.4. The molecule has 1 aromatic carbocycles. The third-order valence-electron chi connectivity index (χ3n) is 3.33. The summed E-state index contributed by atoms with van der Waals surface area (Å²) in [6.45, 7) is 2.00. The fraction of sp³-hybridized carbons (Fsp3) is 0.214. The summed E-state index contributed by atoms with van der Waals surface area (Å²) in [7, 11) is 0. The van der Waals surface area contributed by atoms with Gasteiger partial charge in [0.2, 0.25) is 11.9 Å². The van der Waals surface area contributed by atoms with E-state index < -0.39 is 0 Å². The molecule has 0 bridgehead atoms. The molecule has 7 heteroatoms. The van der Waals surface area contributed by atoms with Gasteiger partial charge < -0.3 is 16.4 Å². The van der Waals surface area contributed by atoms with E-state index in [2.05, 4.69) is 20.6 Å². The minimum atomic E-state index is -0.00336. The molecule has 108 valence electrons. The summed E-state index contributed by atoms with van der Waals surface area (Å²) in [6.07, 6.45) is 0.419. The van der Waals surface area contributed by atoms with Crippen LogP contribution in [0.15, 0.2) is 24.3 Å². The molecule has 1 aromatic heterocycles. The van der Waals surface area contributed by atoms with Crippen LogP contribution in [0.2, 0.25) is 5.15 Å². The summed E-state index contributed by atoms with van der Waals surface area (Å²) in [5, 5.41) is 6.33. The Labute approximate surface area is 126 Å². The lowest BCUT2D eigenvalue weighted by molar-refractivity contribution is -0.115. The fourth-order valence-corrected chi connectivity index (χ4v) is 2.52. The molecule has 0 spiro atoms. The monoisotopic (exact) mass is 303 g/mol. The molecule has 1 aliphatic heterocycles. The molecule has 1 atom stereocenters. The van der Waals surface area contributed by atoms with Gasteiger partial charge in [0.25, 0.3) is 0 Å². The number of halogens is 1. The first-order valence-electron chi connectivity index (χ1n) is 6.50. The fourth-order valence-electron chi connectivity index (χ4n) is 2.33. The average molecular weight is 304 g/mol. The van der Waals surface area contributed by atoms with Gasteiger partial charge in [-0.05, 0) is 24.1 Å². The number of hydrogen-bond donors (Lipinski definition) is 3. The number of rotatable bonds is 3. The lowest BCUT2D eigenvalue weighted by Gasteiger charge is -2.16. The second-order valence-corrected chi connectivity index (χ2v) is 5.33. The first kappa shape index (κ1) is 13.6. The van der Waals surface area contributed by atoms with Crippen LogP contribution in [0.25, 0.3) is 0 Å². The van der Waals surface area contributed by atoms with Crippen molar-refractivity contribution >= 4 is 35.0 Å². The second kappa shape index (κ2) is 5.21. The van der Waals surface area contributed by atoms with Crippen molar-refractivity contribution in [3.05, 3.63) is 40.5 Å². The SMILES string of the molecule is CC(Nc1cc(Cl)nc(N)n1)c1ccc2c(c1)CC(=O)N2. The largest absolute Gasteiger partial charge is 0.368 e. The molecule has 1 unspecified atom stereocenters. The summed E-state index contributed by atoms with van der Waals surface area (Å²) in [4.78, 5) is 19.3. The topological polar surface area (TPSA) is 92.9 Å². The predicted octanol–water partition coefficient (Wildman–Crippen LogP) is 2.38. The third kappa shape index (κ3) is 2.90. The van der Waals surface area contributed by atoms with Crippen LogP contribution in [-0.2, 0) is 11.2 Å². The smallest absolute Gasteiger partial charge is 0.228 e. The molecule has 3 rings (SSSR count). The van der Waals surface area contributed by atoms with Crippen LogP contribution < -0.4 is 16.4 Å². The zero-order valence-electron chi connectivity index (χ0n) is 11.4. The minimum Gasteiger partial charge on any atom is -0.368 e. The number of amides is 1. The maximum Gasteiger partial charge on any atom is 0.228 e. The molecule has 4 N–H and O–H groups in total. The van der Waals surface area contributed by atoms with E-state index in [1.54, 1.807) is 6.07 Å². The maximum atomic E-state index is 11.4. The van der Waals surface area contributed by atoms with Crippen LogP contribution in [-0.4, -0.2) is 15.9 Å². The Morgan fingerprint density at radius 2 is 2.19 bits per heavy atom. The van der Waals surface area contributed by atoms with Gasteiger partial charge in [-0.2, -0.15) is 4.98 Å². The van der Waals surface area contributed by atoms with E-state index >= 15 is 0 Å². The number of hydrogen-bond acceptors (Lipinski definition) is 5. The number of fused-ring (bicyclic) bond motifs is 1. The highest BCUT2D eigenvalue weighted by Crippen LogP contribution is 2.28. The zero-order chi connectivity index (χ0) is 15.0. The standard InChI is InChI=1S/C14H14ClN5O/c1-7(17-12-6-11(15)19-14(16)20-12)8-2-3-10-9(4-8)5-13(21)18-10/h2-4,6-7H,5H2,1H3,(H,18,21)(H3,16,17,19,20). The number of carbonyl (C=O) groups excluding carboxylic acids is 1. The van der Waals surface area contributed by atoms with Crippen molar-refractivity contribution in [2.24, 2.45) is 0 Å². The van der Waals surface area contributed by atoms with Crippen molar-refractivity contribution in [2.45, 2.75) is 19.4 Å². The van der Waals surface area contributed by atoms with E-state index in [-0.39, 0.29) is 17.9 Å². The number of aromatic nitrogens is 2. The van der Waals surface area contributed by atoms with Crippen LogP contribution in [0.4, 0.5) is 17.5 Å². The van der Waals surface area contributed by atoms with Gasteiger partial charge >= 0.3 is 0 Å². The number of benzene rings is 1. The van der Waals surface area contributed by atoms with E-state index in [1.807, 2.05) is 25.1 Å². The first-order chi connectivity index (χ1) is 10.0. The van der Waals surface area contributed by atoms with Gasteiger partial charge in [-0.15, -0.1) is 0 Å². The number of nitrogens with zero attached hydrogens (tertiary/aromatic N) is 2. The molecule has 1 amide bonds. The van der Waals surface area contributed by atoms with Gasteiger partial charge in [0.15, 0.2) is 0 Å². The zero-order valence-corrected chi connectivity index (χ0v) is 12.1. The van der Waals surface area contributed by atoms with Crippen molar-refractivity contribution in [3.63, 3.8) is 0 Å². The highest BCUT2D eigenvalue weighted by molar-refractivity contribution is 6.29. The Morgan fingerprint density at radius 1 is 1.38 bits per heavy atom. The van der Waals surface area contributed by atoms with Gasteiger partial charge in [0.1, 0.15) is 11.0 Å². The lowest BCUT2D eigenvalue weighted by atomic mass is 10.0. The number of nitrogens with two attached hydrogens (primary N) is 1. The average Bonchev–Trinajstić information content (AvgIpc) is 2.76. The van der Waals surface area contributed by atoms with Crippen molar-refractivity contribution in [1.29, 1.82) is 0 Å². The van der Waals surface area contributed by atoms with E-state index in [0.717, 1.165) is 16.8 Å². The highest BCUT2D eigenvalue weighted by Gasteiger charge is 2.19. The summed E-state index contributed by atoms with van der Waals surface area (Å²) >= 11 is 5.86. The van der Waals surface area contributed by atoms with Crippen LogP contribution >= 0.6 is 11.6 Å². The molecule has 6 nitrogen and oxygen atoms in total. The Kier molecular flexibility index (Phi) is 3.39. The van der Waals surface area contributed by atoms with Gasteiger partial charge in [-0.3, -0.25) is 4.79 Å². The molecule has 2 heterocycles. The summed E-state index contributed by atoms with van der Waals surface area (Å²) in [6, 6.07) is 7.50. The van der Waals surface area contributed by atoms with Gasteiger partial charge in [-0.25, -0.2) is 4.98 Å². The predicted molar refractivity (Wildman–Crippen MR) is 82.3 cm³/mol. The summed E-state index contributed by atoms with van der Waals surface area (Å²) < 4.78 is 0. The summed E-state index contributed by atoms with van der Waals surface area (Å²) in [5.74, 6) is 0.716. The van der Waals surface area contributed by atoms with Gasteiger partial charge in [0, 0.05) is 17.8 Å². The quantitative estimate of drug-likeness (QED) is 0.757. The van der Waals surface area contributed by atoms with E-state index in [0.29, 0.717) is 17.4 Å². The molecular formula is C14H14ClN5O. The molecule has 0 radical (unpaired) electrons. The molecule has 0 saturated heterocycles. The lowest BCUT2D eigenvalue weighted by Crippen LogP contribution is -2.09. The third-order valence-corrected chi connectivity index (χ3v) is 3.52. The van der Waals surface area contributed by atoms with Crippen molar-refractivity contribution in [2.75, 3.05) is 16.4 Å². The Balaban J connectivity index is 1.81. The molecule has 0 saturated carbocycles. The Hall–Kier alpha value is -2.34. The van der Waals surface area contributed by atoms with E-state index in [9.17, 15) is 4.79 Å². The molecule has 0 fully saturated rings. The van der Waals surface area contributed by atoms with Crippen molar-refractivity contribution in [3.8, 4) is 0 Å².